The number of carboxylic acid groups (broad SMARTS) is 1. The van der Waals surface area contributed by atoms with E-state index in [2.05, 4.69) is 12.2 Å². The second-order valence-electron chi connectivity index (χ2n) is 3.50. The number of rotatable bonds is 4. The second kappa shape index (κ2) is 4.45. The Morgan fingerprint density at radius 1 is 1.58 bits per heavy atom. The van der Waals surface area contributed by atoms with Crippen molar-refractivity contribution in [3.63, 3.8) is 0 Å². The van der Waals surface area contributed by atoms with Crippen LogP contribution in [-0.4, -0.2) is 23.7 Å². The lowest BCUT2D eigenvalue weighted by molar-refractivity contribution is -0.141. The van der Waals surface area contributed by atoms with E-state index < -0.39 is 5.97 Å². The molecule has 3 heteroatoms. The zero-order chi connectivity index (χ0) is 8.97. The lowest BCUT2D eigenvalue weighted by Crippen LogP contribution is -2.27. The average Bonchev–Trinajstić information content (AvgIpc) is 2.48. The van der Waals surface area contributed by atoms with Crippen LogP contribution in [0.3, 0.4) is 0 Å². The molecule has 0 aromatic heterocycles. The topological polar surface area (TPSA) is 49.3 Å². The van der Waals surface area contributed by atoms with E-state index in [1.807, 2.05) is 0 Å². The lowest BCUT2D eigenvalue weighted by Gasteiger charge is -2.10. The maximum atomic E-state index is 10.6. The summed E-state index contributed by atoms with van der Waals surface area (Å²) in [6.07, 6.45) is 3.80. The van der Waals surface area contributed by atoms with Gasteiger partial charge in [-0.2, -0.15) is 0 Å². The van der Waals surface area contributed by atoms with Crippen molar-refractivity contribution in [2.45, 2.75) is 38.6 Å². The highest BCUT2D eigenvalue weighted by molar-refractivity contribution is 5.70. The molecular formula is C9H17NO2. The molecule has 1 aliphatic carbocycles. The maximum absolute atomic E-state index is 10.6. The molecule has 1 aliphatic rings. The molecule has 0 heterocycles. The van der Waals surface area contributed by atoms with Crippen LogP contribution in [0.25, 0.3) is 0 Å². The van der Waals surface area contributed by atoms with Crippen molar-refractivity contribution in [3.05, 3.63) is 0 Å². The van der Waals surface area contributed by atoms with Gasteiger partial charge in [0.15, 0.2) is 0 Å². The number of hydrogen-bond acceptors (Lipinski definition) is 2. The van der Waals surface area contributed by atoms with Crippen molar-refractivity contribution in [2.75, 3.05) is 6.54 Å². The zero-order valence-electron chi connectivity index (χ0n) is 7.55. The molecule has 2 atom stereocenters. The van der Waals surface area contributed by atoms with E-state index in [0.29, 0.717) is 6.04 Å². The smallest absolute Gasteiger partial charge is 0.306 e. The Balaban J connectivity index is 2.21. The molecule has 1 saturated carbocycles. The number of hydrogen-bond donors (Lipinski definition) is 2. The van der Waals surface area contributed by atoms with Gasteiger partial charge in [0.2, 0.25) is 0 Å². The van der Waals surface area contributed by atoms with E-state index in [1.165, 1.54) is 0 Å². The van der Waals surface area contributed by atoms with Gasteiger partial charge in [0.1, 0.15) is 0 Å². The molecule has 70 valence electrons. The molecule has 0 spiro atoms. The minimum absolute atomic E-state index is 0.0978. The molecule has 0 bridgehead atoms. The maximum Gasteiger partial charge on any atom is 0.306 e. The third-order valence-corrected chi connectivity index (χ3v) is 2.46. The van der Waals surface area contributed by atoms with Gasteiger partial charge in [-0.15, -0.1) is 0 Å². The van der Waals surface area contributed by atoms with Gasteiger partial charge in [0.05, 0.1) is 5.92 Å². The third-order valence-electron chi connectivity index (χ3n) is 2.46. The van der Waals surface area contributed by atoms with Gasteiger partial charge in [0, 0.05) is 6.04 Å². The molecule has 3 nitrogen and oxygen atoms in total. The molecule has 0 aromatic rings. The first-order valence-electron chi connectivity index (χ1n) is 4.70. The van der Waals surface area contributed by atoms with Crippen LogP contribution in [0.2, 0.25) is 0 Å². The Hall–Kier alpha value is -0.570. The van der Waals surface area contributed by atoms with Crippen LogP contribution in [0.4, 0.5) is 0 Å². The highest BCUT2D eigenvalue weighted by atomic mass is 16.4. The highest BCUT2D eigenvalue weighted by Crippen LogP contribution is 2.25. The summed E-state index contributed by atoms with van der Waals surface area (Å²) in [5, 5.41) is 12.1. The number of aliphatic carboxylic acids is 1. The molecule has 0 unspecified atom stereocenters. The molecule has 1 fully saturated rings. The average molecular weight is 171 g/mol. The van der Waals surface area contributed by atoms with E-state index in [9.17, 15) is 4.79 Å². The van der Waals surface area contributed by atoms with E-state index in [4.69, 9.17) is 5.11 Å². The van der Waals surface area contributed by atoms with Gasteiger partial charge in [-0.05, 0) is 32.2 Å². The summed E-state index contributed by atoms with van der Waals surface area (Å²) in [5.74, 6) is -0.727. The molecule has 0 saturated heterocycles. The van der Waals surface area contributed by atoms with Gasteiger partial charge in [-0.3, -0.25) is 4.79 Å². The van der Waals surface area contributed by atoms with Gasteiger partial charge in [-0.1, -0.05) is 6.92 Å². The van der Waals surface area contributed by atoms with Crippen LogP contribution >= 0.6 is 0 Å². The molecule has 1 rings (SSSR count). The predicted molar refractivity (Wildman–Crippen MR) is 47.1 cm³/mol. The quantitative estimate of drug-likeness (QED) is 0.669. The van der Waals surface area contributed by atoms with E-state index in [0.717, 1.165) is 32.2 Å². The predicted octanol–water partition coefficient (Wildman–Crippen LogP) is 1.24. The largest absolute Gasteiger partial charge is 0.481 e. The summed E-state index contributed by atoms with van der Waals surface area (Å²) in [6.45, 7) is 3.13. The van der Waals surface area contributed by atoms with Crippen LogP contribution in [0.1, 0.15) is 32.6 Å². The summed E-state index contributed by atoms with van der Waals surface area (Å²) in [6, 6.07) is 0.450. The zero-order valence-corrected chi connectivity index (χ0v) is 7.55. The van der Waals surface area contributed by atoms with Crippen LogP contribution in [0.15, 0.2) is 0 Å². The van der Waals surface area contributed by atoms with E-state index >= 15 is 0 Å². The van der Waals surface area contributed by atoms with Crippen molar-refractivity contribution in [3.8, 4) is 0 Å². The van der Waals surface area contributed by atoms with Crippen LogP contribution in [-0.2, 0) is 4.79 Å². The second-order valence-corrected chi connectivity index (χ2v) is 3.50. The number of nitrogens with one attached hydrogen (secondary N) is 1. The number of carboxylic acids is 1. The fourth-order valence-corrected chi connectivity index (χ4v) is 1.74. The fourth-order valence-electron chi connectivity index (χ4n) is 1.74. The SMILES string of the molecule is CCCN[C@@H]1CC[C@H](C(=O)O)C1. The Kier molecular flexibility index (Phi) is 3.53. The normalized spacial score (nSPS) is 29.1. The van der Waals surface area contributed by atoms with Gasteiger partial charge in [0.25, 0.3) is 0 Å². The Bertz CT molecular complexity index is 159. The van der Waals surface area contributed by atoms with E-state index in [1.54, 1.807) is 0 Å². The van der Waals surface area contributed by atoms with Gasteiger partial charge in [-0.25, -0.2) is 0 Å². The molecule has 0 aromatic carbocycles. The summed E-state index contributed by atoms with van der Waals surface area (Å²) in [5.41, 5.74) is 0. The number of carbonyl (C=O) groups is 1. The van der Waals surface area contributed by atoms with Crippen LogP contribution in [0.5, 0.6) is 0 Å². The minimum Gasteiger partial charge on any atom is -0.481 e. The van der Waals surface area contributed by atoms with Crippen LogP contribution in [0, 0.1) is 5.92 Å². The first-order valence-corrected chi connectivity index (χ1v) is 4.70. The Labute approximate surface area is 73.2 Å². The standard InChI is InChI=1S/C9H17NO2/c1-2-5-10-8-4-3-7(6-8)9(11)12/h7-8,10H,2-6H2,1H3,(H,11,12)/t7-,8+/m0/s1. The van der Waals surface area contributed by atoms with Crippen molar-refractivity contribution in [1.82, 2.24) is 5.32 Å². The first-order chi connectivity index (χ1) is 5.74. The molecule has 0 radical (unpaired) electrons. The van der Waals surface area contributed by atoms with Crippen molar-refractivity contribution < 1.29 is 9.90 Å². The summed E-state index contributed by atoms with van der Waals surface area (Å²) in [4.78, 5) is 10.6. The van der Waals surface area contributed by atoms with Crippen molar-refractivity contribution >= 4 is 5.97 Å². The summed E-state index contributed by atoms with van der Waals surface area (Å²) in [7, 11) is 0. The van der Waals surface area contributed by atoms with Gasteiger partial charge >= 0.3 is 5.97 Å². The van der Waals surface area contributed by atoms with Crippen molar-refractivity contribution in [1.29, 1.82) is 0 Å². The summed E-state index contributed by atoms with van der Waals surface area (Å²) >= 11 is 0. The molecule has 0 aliphatic heterocycles. The molecule has 12 heavy (non-hydrogen) atoms. The van der Waals surface area contributed by atoms with Gasteiger partial charge < -0.3 is 10.4 Å². The van der Waals surface area contributed by atoms with E-state index in [-0.39, 0.29) is 5.92 Å². The highest BCUT2D eigenvalue weighted by Gasteiger charge is 2.28. The van der Waals surface area contributed by atoms with Crippen LogP contribution < -0.4 is 5.32 Å². The molecule has 2 N–H and O–H groups in total. The third kappa shape index (κ3) is 2.48. The van der Waals surface area contributed by atoms with Crippen molar-refractivity contribution in [2.24, 2.45) is 5.92 Å². The first kappa shape index (κ1) is 9.52. The summed E-state index contributed by atoms with van der Waals surface area (Å²) < 4.78 is 0. The minimum atomic E-state index is -0.629. The Morgan fingerprint density at radius 2 is 2.33 bits per heavy atom. The Morgan fingerprint density at radius 3 is 2.83 bits per heavy atom. The lowest BCUT2D eigenvalue weighted by atomic mass is 10.1. The fraction of sp³-hybridized carbons (Fsp3) is 0.889. The molecule has 0 amide bonds. The molecular weight excluding hydrogens is 154 g/mol. The monoisotopic (exact) mass is 171 g/mol.